The topological polar surface area (TPSA) is 91.1 Å². The Labute approximate surface area is 128 Å². The smallest absolute Gasteiger partial charge is 0.152 e. The number of aliphatic hydroxyl groups is 1. The molecule has 2 aromatic heterocycles. The number of imidazole rings is 1. The van der Waals surface area contributed by atoms with Gasteiger partial charge in [-0.15, -0.1) is 0 Å². The van der Waals surface area contributed by atoms with Crippen molar-refractivity contribution in [3.05, 3.63) is 29.6 Å². The molecule has 114 valence electrons. The Bertz CT molecular complexity index is 856. The molecule has 4 N–H and O–H groups in total. The molecule has 6 heteroatoms. The molecule has 1 aliphatic rings. The number of rotatable bonds is 2. The fourth-order valence-corrected chi connectivity index (χ4v) is 3.19. The molecule has 0 aliphatic carbocycles. The van der Waals surface area contributed by atoms with E-state index in [9.17, 15) is 5.11 Å². The maximum absolute atomic E-state index is 9.93. The maximum atomic E-state index is 9.93. The molecular weight excluding hydrogens is 278 g/mol. The van der Waals surface area contributed by atoms with Gasteiger partial charge in [-0.2, -0.15) is 0 Å². The Kier molecular flexibility index (Phi) is 3.02. The van der Waals surface area contributed by atoms with E-state index in [4.69, 9.17) is 5.73 Å². The standard InChI is InChI=1S/C16H19N5O/c1-9-4-5-10-11(7-9)18-16(17)15-14(10)19-12(20-15)8-21-6-2-3-13(21)22/h4-5,7,13,22H,2-3,6,8H2,1H3,(H2,17,18)(H,19,20). The first-order chi connectivity index (χ1) is 10.6. The van der Waals surface area contributed by atoms with E-state index >= 15 is 0 Å². The van der Waals surface area contributed by atoms with Crippen LogP contribution in [0.2, 0.25) is 0 Å². The zero-order valence-corrected chi connectivity index (χ0v) is 12.5. The zero-order valence-electron chi connectivity index (χ0n) is 12.5. The van der Waals surface area contributed by atoms with Crippen LogP contribution in [0.25, 0.3) is 21.9 Å². The number of hydrogen-bond donors (Lipinski definition) is 3. The molecule has 0 amide bonds. The second-order valence-electron chi connectivity index (χ2n) is 6.02. The number of fused-ring (bicyclic) bond motifs is 3. The third kappa shape index (κ3) is 2.12. The molecule has 0 radical (unpaired) electrons. The number of nitrogens with zero attached hydrogens (tertiary/aromatic N) is 3. The van der Waals surface area contributed by atoms with E-state index in [1.807, 2.05) is 24.0 Å². The van der Waals surface area contributed by atoms with Gasteiger partial charge in [-0.1, -0.05) is 12.1 Å². The first kappa shape index (κ1) is 13.5. The Morgan fingerprint density at radius 1 is 1.41 bits per heavy atom. The van der Waals surface area contributed by atoms with Gasteiger partial charge in [-0.3, -0.25) is 4.90 Å². The van der Waals surface area contributed by atoms with E-state index in [-0.39, 0.29) is 6.23 Å². The van der Waals surface area contributed by atoms with Crippen LogP contribution in [0.1, 0.15) is 24.2 Å². The van der Waals surface area contributed by atoms with Gasteiger partial charge in [0.1, 0.15) is 17.6 Å². The molecule has 0 bridgehead atoms. The van der Waals surface area contributed by atoms with Gasteiger partial charge in [0, 0.05) is 11.9 Å². The number of aromatic nitrogens is 3. The summed E-state index contributed by atoms with van der Waals surface area (Å²) in [4.78, 5) is 14.4. The summed E-state index contributed by atoms with van der Waals surface area (Å²) in [6.07, 6.45) is 1.47. The monoisotopic (exact) mass is 297 g/mol. The van der Waals surface area contributed by atoms with E-state index in [0.29, 0.717) is 17.9 Å². The summed E-state index contributed by atoms with van der Waals surface area (Å²) in [5, 5.41) is 11.0. The van der Waals surface area contributed by atoms with Crippen LogP contribution in [-0.2, 0) is 6.54 Å². The number of nitrogens with one attached hydrogen (secondary N) is 1. The van der Waals surface area contributed by atoms with Crippen molar-refractivity contribution < 1.29 is 5.11 Å². The number of pyridine rings is 1. The number of benzene rings is 1. The Morgan fingerprint density at radius 2 is 2.27 bits per heavy atom. The zero-order chi connectivity index (χ0) is 15.3. The Morgan fingerprint density at radius 3 is 3.05 bits per heavy atom. The summed E-state index contributed by atoms with van der Waals surface area (Å²) in [6.45, 7) is 3.53. The van der Waals surface area contributed by atoms with Crippen LogP contribution in [0.4, 0.5) is 5.82 Å². The number of anilines is 1. The van der Waals surface area contributed by atoms with Crippen LogP contribution in [-0.4, -0.2) is 37.7 Å². The normalized spacial score (nSPS) is 19.5. The maximum Gasteiger partial charge on any atom is 0.152 e. The third-order valence-electron chi connectivity index (χ3n) is 4.34. The number of hydrogen-bond acceptors (Lipinski definition) is 5. The van der Waals surface area contributed by atoms with Crippen molar-refractivity contribution in [3.8, 4) is 0 Å². The van der Waals surface area contributed by atoms with E-state index in [0.717, 1.165) is 47.2 Å². The van der Waals surface area contributed by atoms with Crippen LogP contribution in [0.5, 0.6) is 0 Å². The number of aromatic amines is 1. The van der Waals surface area contributed by atoms with Gasteiger partial charge in [-0.05, 0) is 31.4 Å². The predicted molar refractivity (Wildman–Crippen MR) is 86.2 cm³/mol. The second kappa shape index (κ2) is 4.93. The summed E-state index contributed by atoms with van der Waals surface area (Å²) in [5.74, 6) is 1.26. The number of nitrogen functional groups attached to an aromatic ring is 1. The molecule has 3 aromatic rings. The van der Waals surface area contributed by atoms with E-state index in [1.165, 1.54) is 0 Å². The fourth-order valence-electron chi connectivity index (χ4n) is 3.19. The van der Waals surface area contributed by atoms with Crippen molar-refractivity contribution in [2.24, 2.45) is 0 Å². The highest BCUT2D eigenvalue weighted by atomic mass is 16.3. The van der Waals surface area contributed by atoms with Crippen molar-refractivity contribution >= 4 is 27.8 Å². The van der Waals surface area contributed by atoms with Gasteiger partial charge < -0.3 is 15.8 Å². The Hall–Kier alpha value is -2.18. The molecular formula is C16H19N5O. The molecule has 1 atom stereocenters. The van der Waals surface area contributed by atoms with Gasteiger partial charge in [0.05, 0.1) is 17.6 Å². The molecule has 1 aliphatic heterocycles. The van der Waals surface area contributed by atoms with E-state index in [2.05, 4.69) is 21.0 Å². The molecule has 0 saturated carbocycles. The molecule has 1 fully saturated rings. The molecule has 22 heavy (non-hydrogen) atoms. The van der Waals surface area contributed by atoms with E-state index < -0.39 is 0 Å². The molecule has 1 aromatic carbocycles. The highest BCUT2D eigenvalue weighted by Crippen LogP contribution is 2.27. The van der Waals surface area contributed by atoms with Crippen molar-refractivity contribution in [2.75, 3.05) is 12.3 Å². The summed E-state index contributed by atoms with van der Waals surface area (Å²) in [6, 6.07) is 6.13. The summed E-state index contributed by atoms with van der Waals surface area (Å²) >= 11 is 0. The summed E-state index contributed by atoms with van der Waals surface area (Å²) < 4.78 is 0. The van der Waals surface area contributed by atoms with Crippen LogP contribution in [0.3, 0.4) is 0 Å². The quantitative estimate of drug-likeness (QED) is 0.672. The third-order valence-corrected chi connectivity index (χ3v) is 4.34. The van der Waals surface area contributed by atoms with Crippen molar-refractivity contribution in [1.82, 2.24) is 19.9 Å². The molecule has 1 saturated heterocycles. The van der Waals surface area contributed by atoms with Gasteiger partial charge in [0.25, 0.3) is 0 Å². The van der Waals surface area contributed by atoms with Crippen LogP contribution >= 0.6 is 0 Å². The average molecular weight is 297 g/mol. The van der Waals surface area contributed by atoms with Gasteiger partial charge in [0.15, 0.2) is 5.82 Å². The lowest BCUT2D eigenvalue weighted by molar-refractivity contribution is 0.0314. The number of aryl methyl sites for hydroxylation is 1. The van der Waals surface area contributed by atoms with Crippen LogP contribution < -0.4 is 5.73 Å². The first-order valence-electron chi connectivity index (χ1n) is 7.58. The van der Waals surface area contributed by atoms with Gasteiger partial charge >= 0.3 is 0 Å². The van der Waals surface area contributed by atoms with Crippen molar-refractivity contribution in [2.45, 2.75) is 32.5 Å². The number of likely N-dealkylation sites (tertiary alicyclic amines) is 1. The van der Waals surface area contributed by atoms with Crippen LogP contribution in [0.15, 0.2) is 18.2 Å². The van der Waals surface area contributed by atoms with Gasteiger partial charge in [-0.25, -0.2) is 9.97 Å². The number of H-pyrrole nitrogens is 1. The predicted octanol–water partition coefficient (Wildman–Crippen LogP) is 1.92. The van der Waals surface area contributed by atoms with E-state index in [1.54, 1.807) is 0 Å². The highest BCUT2D eigenvalue weighted by molar-refractivity contribution is 6.06. The minimum Gasteiger partial charge on any atom is -0.382 e. The molecule has 6 nitrogen and oxygen atoms in total. The Balaban J connectivity index is 1.82. The van der Waals surface area contributed by atoms with Crippen molar-refractivity contribution in [1.29, 1.82) is 0 Å². The minimum absolute atomic E-state index is 0.372. The largest absolute Gasteiger partial charge is 0.382 e. The molecule has 0 spiro atoms. The fraction of sp³-hybridized carbons (Fsp3) is 0.375. The summed E-state index contributed by atoms with van der Waals surface area (Å²) in [5.41, 5.74) is 9.72. The molecule has 3 heterocycles. The highest BCUT2D eigenvalue weighted by Gasteiger charge is 2.23. The van der Waals surface area contributed by atoms with Gasteiger partial charge in [0.2, 0.25) is 0 Å². The van der Waals surface area contributed by atoms with Crippen molar-refractivity contribution in [3.63, 3.8) is 0 Å². The first-order valence-corrected chi connectivity index (χ1v) is 7.58. The van der Waals surface area contributed by atoms with Crippen LogP contribution in [0, 0.1) is 6.92 Å². The summed E-state index contributed by atoms with van der Waals surface area (Å²) in [7, 11) is 0. The SMILES string of the molecule is Cc1ccc2c(c1)nc(N)c1nc(CN3CCCC3O)[nH]c12. The number of nitrogens with two attached hydrogens (primary N) is 1. The number of aliphatic hydroxyl groups excluding tert-OH is 1. The minimum atomic E-state index is -0.372. The molecule has 4 rings (SSSR count). The lowest BCUT2D eigenvalue weighted by Gasteiger charge is -2.17. The average Bonchev–Trinajstić information content (AvgIpc) is 3.07. The lowest BCUT2D eigenvalue weighted by Crippen LogP contribution is -2.28. The molecule has 1 unspecified atom stereocenters. The second-order valence-corrected chi connectivity index (χ2v) is 6.02. The lowest BCUT2D eigenvalue weighted by atomic mass is 10.1.